The van der Waals surface area contributed by atoms with Crippen molar-refractivity contribution < 1.29 is 9.13 Å². The Labute approximate surface area is 174 Å². The van der Waals surface area contributed by atoms with Crippen LogP contribution < -0.4 is 0 Å². The van der Waals surface area contributed by atoms with Gasteiger partial charge in [-0.05, 0) is 23.1 Å². The molecule has 0 aliphatic carbocycles. The fourth-order valence-electron chi connectivity index (χ4n) is 3.40. The maximum Gasteiger partial charge on any atom is 0.143 e. The van der Waals surface area contributed by atoms with Crippen molar-refractivity contribution in [2.24, 2.45) is 0 Å². The van der Waals surface area contributed by atoms with Crippen LogP contribution in [0.2, 0.25) is 0 Å². The van der Waals surface area contributed by atoms with Gasteiger partial charge in [-0.1, -0.05) is 121 Å². The van der Waals surface area contributed by atoms with Gasteiger partial charge in [-0.2, -0.15) is 0 Å². The van der Waals surface area contributed by atoms with Gasteiger partial charge >= 0.3 is 0 Å². The summed E-state index contributed by atoms with van der Waals surface area (Å²) in [6, 6.07) is 30.3. The molecule has 0 bridgehead atoms. The molecule has 3 rings (SSSR count). The van der Waals surface area contributed by atoms with E-state index in [0.29, 0.717) is 6.42 Å². The van der Waals surface area contributed by atoms with Crippen LogP contribution >= 0.6 is 22.6 Å². The van der Waals surface area contributed by atoms with Crippen LogP contribution in [0.15, 0.2) is 91.0 Å². The van der Waals surface area contributed by atoms with Gasteiger partial charge in [0.05, 0.1) is 6.61 Å². The SMILES string of the molecule is CC(I)CC(F)COC(c1ccccc1)(c1ccccc1)c1ccccc1. The molecule has 3 aromatic rings. The van der Waals surface area contributed by atoms with Crippen LogP contribution in [0.5, 0.6) is 0 Å². The first-order chi connectivity index (χ1) is 13.1. The molecular weight excluding hydrogens is 450 g/mol. The predicted octanol–water partition coefficient (Wildman–Crippen LogP) is 6.55. The zero-order chi connectivity index (χ0) is 19.1. The molecule has 0 fully saturated rings. The smallest absolute Gasteiger partial charge is 0.143 e. The van der Waals surface area contributed by atoms with Crippen LogP contribution in [-0.2, 0) is 10.3 Å². The van der Waals surface area contributed by atoms with Crippen molar-refractivity contribution in [1.82, 2.24) is 0 Å². The second-order valence-corrected chi connectivity index (χ2v) is 8.83. The van der Waals surface area contributed by atoms with Gasteiger partial charge < -0.3 is 4.74 Å². The second-order valence-electron chi connectivity index (χ2n) is 6.70. The minimum atomic E-state index is -1.01. The fraction of sp³-hybridized carbons (Fsp3) is 0.250. The second kappa shape index (κ2) is 9.47. The third-order valence-corrected chi connectivity index (χ3v) is 5.11. The normalized spacial score (nSPS) is 13.9. The highest BCUT2D eigenvalue weighted by atomic mass is 127. The van der Waals surface area contributed by atoms with Gasteiger partial charge in [-0.25, -0.2) is 4.39 Å². The topological polar surface area (TPSA) is 9.23 Å². The van der Waals surface area contributed by atoms with E-state index in [1.807, 2.05) is 97.9 Å². The van der Waals surface area contributed by atoms with Gasteiger partial charge in [-0.3, -0.25) is 0 Å². The van der Waals surface area contributed by atoms with E-state index in [1.165, 1.54) is 0 Å². The first kappa shape index (κ1) is 20.0. The molecule has 2 atom stereocenters. The van der Waals surface area contributed by atoms with Crippen LogP contribution in [0.1, 0.15) is 30.0 Å². The summed E-state index contributed by atoms with van der Waals surface area (Å²) in [6.45, 7) is 2.07. The van der Waals surface area contributed by atoms with Crippen molar-refractivity contribution in [3.05, 3.63) is 108 Å². The van der Waals surface area contributed by atoms with Crippen molar-refractivity contribution in [2.75, 3.05) is 6.61 Å². The number of rotatable bonds is 8. The van der Waals surface area contributed by atoms with E-state index in [0.717, 1.165) is 16.7 Å². The zero-order valence-corrected chi connectivity index (χ0v) is 17.6. The molecule has 1 nitrogen and oxygen atoms in total. The van der Waals surface area contributed by atoms with Crippen LogP contribution in [0, 0.1) is 0 Å². The third kappa shape index (κ3) is 4.77. The molecular formula is C24H24FIO. The Morgan fingerprint density at radius 2 is 1.15 bits per heavy atom. The predicted molar refractivity (Wildman–Crippen MR) is 118 cm³/mol. The highest BCUT2D eigenvalue weighted by Gasteiger charge is 2.38. The highest BCUT2D eigenvalue weighted by molar-refractivity contribution is 14.1. The monoisotopic (exact) mass is 474 g/mol. The Bertz CT molecular complexity index is 709. The minimum absolute atomic E-state index is 0.0476. The standard InChI is InChI=1S/C24H24FIO/c1-19(26)17-23(25)18-27-24(20-11-5-2-6-12-20,21-13-7-3-8-14-21)22-15-9-4-10-16-22/h2-16,19,23H,17-18H2,1H3. The molecule has 0 aliphatic heterocycles. The molecule has 140 valence electrons. The first-order valence-electron chi connectivity index (χ1n) is 9.21. The van der Waals surface area contributed by atoms with Gasteiger partial charge in [0.25, 0.3) is 0 Å². The average molecular weight is 474 g/mol. The maximum atomic E-state index is 14.6. The van der Waals surface area contributed by atoms with E-state index >= 15 is 0 Å². The molecule has 0 heterocycles. The van der Waals surface area contributed by atoms with Gasteiger partial charge in [0, 0.05) is 3.92 Å². The number of halogens is 2. The van der Waals surface area contributed by atoms with E-state index in [4.69, 9.17) is 4.74 Å². The van der Waals surface area contributed by atoms with Crippen LogP contribution in [0.4, 0.5) is 4.39 Å². The summed E-state index contributed by atoms with van der Waals surface area (Å²) in [6.07, 6.45) is -0.526. The van der Waals surface area contributed by atoms with E-state index in [2.05, 4.69) is 22.6 Å². The van der Waals surface area contributed by atoms with Crippen LogP contribution in [0.25, 0.3) is 0 Å². The van der Waals surface area contributed by atoms with Gasteiger partial charge in [0.15, 0.2) is 0 Å². The van der Waals surface area contributed by atoms with Crippen LogP contribution in [-0.4, -0.2) is 16.7 Å². The number of hydrogen-bond acceptors (Lipinski definition) is 1. The lowest BCUT2D eigenvalue weighted by atomic mass is 9.80. The van der Waals surface area contributed by atoms with Crippen molar-refractivity contribution in [1.29, 1.82) is 0 Å². The summed E-state index contributed by atoms with van der Waals surface area (Å²) in [5.41, 5.74) is 2.15. The summed E-state index contributed by atoms with van der Waals surface area (Å²) >= 11 is 2.26. The van der Waals surface area contributed by atoms with E-state index < -0.39 is 11.8 Å². The maximum absolute atomic E-state index is 14.6. The summed E-state index contributed by atoms with van der Waals surface area (Å²) in [5, 5.41) is 0. The first-order valence-corrected chi connectivity index (χ1v) is 10.5. The highest BCUT2D eigenvalue weighted by Crippen LogP contribution is 2.40. The van der Waals surface area contributed by atoms with E-state index in [9.17, 15) is 4.39 Å². The molecule has 0 saturated heterocycles. The lowest BCUT2D eigenvalue weighted by molar-refractivity contribution is -0.0172. The minimum Gasteiger partial charge on any atom is -0.358 e. The number of benzene rings is 3. The molecule has 0 radical (unpaired) electrons. The molecule has 0 amide bonds. The Kier molecular flexibility index (Phi) is 7.02. The summed E-state index contributed by atoms with van der Waals surface area (Å²) in [4.78, 5) is 0. The summed E-state index contributed by atoms with van der Waals surface area (Å²) < 4.78 is 21.3. The quantitative estimate of drug-likeness (QED) is 0.205. The number of alkyl halides is 2. The Morgan fingerprint density at radius 3 is 1.48 bits per heavy atom. The zero-order valence-electron chi connectivity index (χ0n) is 15.4. The van der Waals surface area contributed by atoms with Crippen molar-refractivity contribution in [2.45, 2.75) is 29.0 Å². The molecule has 0 saturated carbocycles. The van der Waals surface area contributed by atoms with Crippen molar-refractivity contribution in [3.63, 3.8) is 0 Å². The van der Waals surface area contributed by atoms with E-state index in [-0.39, 0.29) is 10.5 Å². The Morgan fingerprint density at radius 1 is 0.778 bits per heavy atom. The van der Waals surface area contributed by atoms with Gasteiger partial charge in [-0.15, -0.1) is 0 Å². The molecule has 0 N–H and O–H groups in total. The molecule has 0 aliphatic rings. The lowest BCUT2D eigenvalue weighted by Crippen LogP contribution is -2.35. The Balaban J connectivity index is 2.11. The fourth-order valence-corrected chi connectivity index (χ4v) is 3.96. The summed E-state index contributed by atoms with van der Waals surface area (Å²) in [5.74, 6) is 0. The van der Waals surface area contributed by atoms with Crippen molar-refractivity contribution >= 4 is 22.6 Å². The van der Waals surface area contributed by atoms with Gasteiger partial charge in [0.1, 0.15) is 11.8 Å². The third-order valence-electron chi connectivity index (χ3n) is 4.60. The molecule has 0 spiro atoms. The molecule has 27 heavy (non-hydrogen) atoms. The van der Waals surface area contributed by atoms with Crippen molar-refractivity contribution in [3.8, 4) is 0 Å². The largest absolute Gasteiger partial charge is 0.358 e. The Hall–Kier alpha value is -1.72. The summed E-state index contributed by atoms with van der Waals surface area (Å²) in [7, 11) is 0. The number of ether oxygens (including phenoxy) is 1. The average Bonchev–Trinajstić information content (AvgIpc) is 2.70. The van der Waals surface area contributed by atoms with Crippen LogP contribution in [0.3, 0.4) is 0 Å². The van der Waals surface area contributed by atoms with Gasteiger partial charge in [0.2, 0.25) is 0 Å². The molecule has 3 heteroatoms. The van der Waals surface area contributed by atoms with E-state index in [1.54, 1.807) is 0 Å². The molecule has 0 aromatic heterocycles. The molecule has 3 aromatic carbocycles. The molecule has 2 unspecified atom stereocenters. The lowest BCUT2D eigenvalue weighted by Gasteiger charge is -2.36. The number of hydrogen-bond donors (Lipinski definition) is 0.